The smallest absolute Gasteiger partial charge is 0.223 e. The van der Waals surface area contributed by atoms with Crippen LogP contribution in [0, 0.1) is 17.8 Å². The second kappa shape index (κ2) is 6.18. The van der Waals surface area contributed by atoms with Crippen LogP contribution in [0.2, 0.25) is 0 Å². The Morgan fingerprint density at radius 2 is 2.00 bits per heavy atom. The summed E-state index contributed by atoms with van der Waals surface area (Å²) in [5.74, 6) is 3.70. The van der Waals surface area contributed by atoms with Gasteiger partial charge in [0.1, 0.15) is 5.75 Å². The molecule has 3 aliphatic rings. The predicted octanol–water partition coefficient (Wildman–Crippen LogP) is 4.19. The summed E-state index contributed by atoms with van der Waals surface area (Å²) >= 11 is 0. The topological polar surface area (TPSA) is 29.5 Å². The summed E-state index contributed by atoms with van der Waals surface area (Å²) in [7, 11) is 1.69. The molecule has 1 aliphatic heterocycles. The monoisotopic (exact) mass is 313 g/mol. The molecule has 0 unspecified atom stereocenters. The average molecular weight is 313 g/mol. The molecule has 2 aliphatic carbocycles. The molecule has 4 atom stereocenters. The zero-order valence-corrected chi connectivity index (χ0v) is 14.0. The molecule has 1 aromatic carbocycles. The van der Waals surface area contributed by atoms with E-state index in [1.165, 1.54) is 31.2 Å². The maximum atomic E-state index is 12.9. The molecular formula is C20H27NO2. The van der Waals surface area contributed by atoms with Crippen molar-refractivity contribution < 1.29 is 9.53 Å². The van der Waals surface area contributed by atoms with Gasteiger partial charge < -0.3 is 9.64 Å². The molecule has 3 nitrogen and oxygen atoms in total. The minimum Gasteiger partial charge on any atom is -0.497 e. The first-order valence-corrected chi connectivity index (χ1v) is 9.18. The van der Waals surface area contributed by atoms with E-state index in [0.717, 1.165) is 43.4 Å². The van der Waals surface area contributed by atoms with E-state index < -0.39 is 0 Å². The van der Waals surface area contributed by atoms with Crippen LogP contribution >= 0.6 is 0 Å². The summed E-state index contributed by atoms with van der Waals surface area (Å²) in [5, 5.41) is 0. The van der Waals surface area contributed by atoms with Crippen LogP contribution in [0.4, 0.5) is 0 Å². The van der Waals surface area contributed by atoms with Gasteiger partial charge in [0.05, 0.1) is 13.2 Å². The van der Waals surface area contributed by atoms with Gasteiger partial charge in [-0.05, 0) is 67.6 Å². The Balaban J connectivity index is 1.43. The summed E-state index contributed by atoms with van der Waals surface area (Å²) in [6.07, 6.45) is 8.47. The quantitative estimate of drug-likeness (QED) is 0.834. The maximum absolute atomic E-state index is 12.9. The fourth-order valence-electron chi connectivity index (χ4n) is 5.21. The predicted molar refractivity (Wildman–Crippen MR) is 90.2 cm³/mol. The number of benzene rings is 1. The van der Waals surface area contributed by atoms with E-state index in [4.69, 9.17) is 4.74 Å². The van der Waals surface area contributed by atoms with Gasteiger partial charge in [-0.3, -0.25) is 4.79 Å². The molecule has 1 aromatic rings. The van der Waals surface area contributed by atoms with Crippen molar-refractivity contribution in [2.45, 2.75) is 51.0 Å². The number of rotatable bonds is 4. The maximum Gasteiger partial charge on any atom is 0.223 e. The first-order chi connectivity index (χ1) is 11.2. The van der Waals surface area contributed by atoms with Crippen LogP contribution in [0.25, 0.3) is 0 Å². The van der Waals surface area contributed by atoms with Crippen molar-refractivity contribution in [3.05, 3.63) is 29.8 Å². The highest BCUT2D eigenvalue weighted by molar-refractivity contribution is 5.77. The largest absolute Gasteiger partial charge is 0.497 e. The van der Waals surface area contributed by atoms with E-state index in [2.05, 4.69) is 17.0 Å². The van der Waals surface area contributed by atoms with Crippen LogP contribution in [-0.4, -0.2) is 24.5 Å². The normalized spacial score (nSPS) is 32.5. The third kappa shape index (κ3) is 2.86. The fraction of sp³-hybridized carbons (Fsp3) is 0.650. The average Bonchev–Trinajstić information content (AvgIpc) is 3.31. The Hall–Kier alpha value is -1.51. The summed E-state index contributed by atoms with van der Waals surface area (Å²) in [6, 6.07) is 8.52. The van der Waals surface area contributed by atoms with Gasteiger partial charge in [-0.2, -0.15) is 0 Å². The second-order valence-electron chi connectivity index (χ2n) is 7.66. The van der Waals surface area contributed by atoms with Crippen molar-refractivity contribution in [1.82, 2.24) is 4.90 Å². The first-order valence-electron chi connectivity index (χ1n) is 9.18. The highest BCUT2D eigenvalue weighted by Crippen LogP contribution is 2.50. The van der Waals surface area contributed by atoms with E-state index in [1.54, 1.807) is 7.11 Å². The Morgan fingerprint density at radius 3 is 2.65 bits per heavy atom. The Morgan fingerprint density at radius 1 is 1.17 bits per heavy atom. The number of hydrogen-bond donors (Lipinski definition) is 0. The SMILES string of the molecule is COc1ccc([C@H]2CCCN2C(=O)C[C@H]2C[C@H]3CC[C@H]2C3)cc1. The molecule has 0 spiro atoms. The lowest BCUT2D eigenvalue weighted by atomic mass is 9.86. The van der Waals surface area contributed by atoms with Crippen LogP contribution in [0.5, 0.6) is 5.75 Å². The molecule has 1 saturated heterocycles. The van der Waals surface area contributed by atoms with Crippen LogP contribution in [-0.2, 0) is 4.79 Å². The van der Waals surface area contributed by atoms with Crippen molar-refractivity contribution in [3.8, 4) is 5.75 Å². The lowest BCUT2D eigenvalue weighted by molar-refractivity contribution is -0.133. The molecule has 2 bridgehead atoms. The van der Waals surface area contributed by atoms with Crippen LogP contribution in [0.15, 0.2) is 24.3 Å². The van der Waals surface area contributed by atoms with E-state index >= 15 is 0 Å². The second-order valence-corrected chi connectivity index (χ2v) is 7.66. The Kier molecular flexibility index (Phi) is 4.04. The highest BCUT2D eigenvalue weighted by atomic mass is 16.5. The lowest BCUT2D eigenvalue weighted by Crippen LogP contribution is -2.32. The molecule has 0 radical (unpaired) electrons. The van der Waals surface area contributed by atoms with E-state index in [-0.39, 0.29) is 6.04 Å². The highest BCUT2D eigenvalue weighted by Gasteiger charge is 2.41. The first kappa shape index (κ1) is 15.0. The molecule has 0 N–H and O–H groups in total. The molecule has 23 heavy (non-hydrogen) atoms. The van der Waals surface area contributed by atoms with Gasteiger partial charge in [-0.15, -0.1) is 0 Å². The van der Waals surface area contributed by atoms with Gasteiger partial charge in [-0.25, -0.2) is 0 Å². The van der Waals surface area contributed by atoms with Crippen LogP contribution in [0.3, 0.4) is 0 Å². The van der Waals surface area contributed by atoms with Gasteiger partial charge in [0.25, 0.3) is 0 Å². The number of carbonyl (C=O) groups is 1. The number of fused-ring (bicyclic) bond motifs is 2. The summed E-state index contributed by atoms with van der Waals surface area (Å²) in [6.45, 7) is 0.927. The molecule has 0 aromatic heterocycles. The van der Waals surface area contributed by atoms with Crippen molar-refractivity contribution in [3.63, 3.8) is 0 Å². The van der Waals surface area contributed by atoms with Gasteiger partial charge in [0, 0.05) is 13.0 Å². The minimum atomic E-state index is 0.270. The molecule has 3 fully saturated rings. The van der Waals surface area contributed by atoms with Gasteiger partial charge in [-0.1, -0.05) is 18.6 Å². The lowest BCUT2D eigenvalue weighted by Gasteiger charge is -2.28. The van der Waals surface area contributed by atoms with Crippen molar-refractivity contribution in [2.24, 2.45) is 17.8 Å². The minimum absolute atomic E-state index is 0.270. The van der Waals surface area contributed by atoms with Crippen LogP contribution in [0.1, 0.15) is 56.6 Å². The zero-order valence-electron chi connectivity index (χ0n) is 14.0. The van der Waals surface area contributed by atoms with Gasteiger partial charge >= 0.3 is 0 Å². The number of hydrogen-bond acceptors (Lipinski definition) is 2. The summed E-state index contributed by atoms with van der Waals surface area (Å²) < 4.78 is 5.24. The molecule has 1 heterocycles. The van der Waals surface area contributed by atoms with E-state index in [0.29, 0.717) is 11.8 Å². The zero-order chi connectivity index (χ0) is 15.8. The number of amides is 1. The van der Waals surface area contributed by atoms with Crippen LogP contribution < -0.4 is 4.74 Å². The summed E-state index contributed by atoms with van der Waals surface area (Å²) in [4.78, 5) is 15.0. The van der Waals surface area contributed by atoms with E-state index in [1.807, 2.05) is 12.1 Å². The van der Waals surface area contributed by atoms with E-state index in [9.17, 15) is 4.79 Å². The molecule has 124 valence electrons. The summed E-state index contributed by atoms with van der Waals surface area (Å²) in [5.41, 5.74) is 1.25. The van der Waals surface area contributed by atoms with Crippen molar-refractivity contribution >= 4 is 5.91 Å². The number of carbonyl (C=O) groups excluding carboxylic acids is 1. The third-order valence-electron chi connectivity index (χ3n) is 6.40. The van der Waals surface area contributed by atoms with Crippen molar-refractivity contribution in [1.29, 1.82) is 0 Å². The Bertz CT molecular complexity index is 568. The third-order valence-corrected chi connectivity index (χ3v) is 6.40. The molecule has 4 rings (SSSR count). The Labute approximate surface area is 139 Å². The standard InChI is InChI=1S/C20H27NO2/c1-23-18-8-6-15(7-9-18)19-3-2-10-21(19)20(22)13-17-12-14-4-5-16(17)11-14/h6-9,14,16-17,19H,2-5,10-13H2,1H3/t14-,16-,17+,19+/m0/s1. The molecular weight excluding hydrogens is 286 g/mol. The molecule has 1 amide bonds. The number of methoxy groups -OCH3 is 1. The number of nitrogens with zero attached hydrogens (tertiary/aromatic N) is 1. The number of ether oxygens (including phenoxy) is 1. The van der Waals surface area contributed by atoms with Gasteiger partial charge in [0.2, 0.25) is 5.91 Å². The van der Waals surface area contributed by atoms with Crippen molar-refractivity contribution in [2.75, 3.05) is 13.7 Å². The molecule has 2 saturated carbocycles. The fourth-order valence-corrected chi connectivity index (χ4v) is 5.21. The number of likely N-dealkylation sites (tertiary alicyclic amines) is 1. The van der Waals surface area contributed by atoms with Gasteiger partial charge in [0.15, 0.2) is 0 Å². The molecule has 3 heteroatoms.